The van der Waals surface area contributed by atoms with Crippen molar-refractivity contribution >= 4 is 40.5 Å². The second kappa shape index (κ2) is 8.46. The van der Waals surface area contributed by atoms with Crippen LogP contribution >= 0.6 is 22.6 Å². The van der Waals surface area contributed by atoms with E-state index in [9.17, 15) is 9.59 Å². The highest BCUT2D eigenvalue weighted by atomic mass is 127. The van der Waals surface area contributed by atoms with Gasteiger partial charge in [0.25, 0.3) is 0 Å². The minimum atomic E-state index is -1.30. The van der Waals surface area contributed by atoms with Gasteiger partial charge in [-0.05, 0) is 58.5 Å². The Morgan fingerprint density at radius 3 is 2.38 bits per heavy atom. The Hall–Kier alpha value is -2.39. The Morgan fingerprint density at radius 2 is 1.79 bits per heavy atom. The number of nitrogens with one attached hydrogen (secondary N) is 1. The molecule has 0 aliphatic heterocycles. The third-order valence-corrected chi connectivity index (χ3v) is 3.79. The maximum atomic E-state index is 11.1. The van der Waals surface area contributed by atoms with Crippen LogP contribution in [0.5, 0.6) is 11.5 Å². The highest BCUT2D eigenvalue weighted by Gasteiger charge is 2.11. The number of hydrogen-bond acceptors (Lipinski definition) is 4. The number of aliphatic hydroxyl groups is 1. The molecule has 0 atom stereocenters. The SMILES string of the molecule is O=C(CO)NC(=Cc1ccc(Oc2ccccc2I)cc1)C(=O)O. The number of benzene rings is 2. The highest BCUT2D eigenvalue weighted by Crippen LogP contribution is 2.26. The molecule has 6 nitrogen and oxygen atoms in total. The average Bonchev–Trinajstić information content (AvgIpc) is 2.57. The summed E-state index contributed by atoms with van der Waals surface area (Å²) in [6, 6.07) is 14.3. The number of ether oxygens (including phenoxy) is 1. The van der Waals surface area contributed by atoms with Crippen LogP contribution in [-0.2, 0) is 9.59 Å². The zero-order valence-electron chi connectivity index (χ0n) is 12.4. The fourth-order valence-corrected chi connectivity index (χ4v) is 2.29. The largest absolute Gasteiger partial charge is 0.477 e. The summed E-state index contributed by atoms with van der Waals surface area (Å²) in [6.07, 6.45) is 1.30. The lowest BCUT2D eigenvalue weighted by atomic mass is 10.2. The van der Waals surface area contributed by atoms with Gasteiger partial charge in [-0.1, -0.05) is 24.3 Å². The lowest BCUT2D eigenvalue weighted by Crippen LogP contribution is -2.29. The van der Waals surface area contributed by atoms with Gasteiger partial charge >= 0.3 is 5.97 Å². The molecule has 0 heterocycles. The molecule has 2 aromatic rings. The predicted molar refractivity (Wildman–Crippen MR) is 96.5 cm³/mol. The lowest BCUT2D eigenvalue weighted by Gasteiger charge is -2.08. The molecule has 0 spiro atoms. The summed E-state index contributed by atoms with van der Waals surface area (Å²) in [5.41, 5.74) is 0.251. The van der Waals surface area contributed by atoms with Crippen LogP contribution in [-0.4, -0.2) is 28.7 Å². The van der Waals surface area contributed by atoms with Gasteiger partial charge in [0.15, 0.2) is 0 Å². The van der Waals surface area contributed by atoms with Gasteiger partial charge in [0.2, 0.25) is 5.91 Å². The number of hydrogen-bond donors (Lipinski definition) is 3. The fraction of sp³-hybridized carbons (Fsp3) is 0.0588. The summed E-state index contributed by atoms with van der Waals surface area (Å²) in [7, 11) is 0. The molecule has 1 amide bonds. The number of carboxylic acid groups (broad SMARTS) is 1. The Labute approximate surface area is 151 Å². The van der Waals surface area contributed by atoms with Crippen molar-refractivity contribution in [1.29, 1.82) is 0 Å². The van der Waals surface area contributed by atoms with Crippen LogP contribution in [0.1, 0.15) is 5.56 Å². The van der Waals surface area contributed by atoms with Crippen LogP contribution in [0.2, 0.25) is 0 Å². The zero-order chi connectivity index (χ0) is 17.5. The van der Waals surface area contributed by atoms with E-state index in [0.717, 1.165) is 9.32 Å². The Morgan fingerprint density at radius 1 is 1.12 bits per heavy atom. The zero-order valence-corrected chi connectivity index (χ0v) is 14.6. The number of aliphatic hydroxyl groups excluding tert-OH is 1. The topological polar surface area (TPSA) is 95.9 Å². The molecule has 2 rings (SSSR count). The molecular formula is C17H14INO5. The maximum absolute atomic E-state index is 11.1. The second-order valence-electron chi connectivity index (χ2n) is 4.67. The minimum absolute atomic E-state index is 0.319. The molecule has 0 saturated carbocycles. The fourth-order valence-electron chi connectivity index (χ4n) is 1.79. The molecule has 0 radical (unpaired) electrons. The van der Waals surface area contributed by atoms with Crippen molar-refractivity contribution in [3.8, 4) is 11.5 Å². The molecule has 7 heteroatoms. The van der Waals surface area contributed by atoms with E-state index in [1.54, 1.807) is 24.3 Å². The number of carbonyl (C=O) groups excluding carboxylic acids is 1. The first-order chi connectivity index (χ1) is 11.5. The van der Waals surface area contributed by atoms with Gasteiger partial charge in [0.05, 0.1) is 3.57 Å². The standard InChI is InChI=1S/C17H14INO5/c18-13-3-1-2-4-15(13)24-12-7-5-11(6-8-12)9-14(17(22)23)19-16(21)10-20/h1-9,20H,10H2,(H,19,21)(H,22,23). The summed E-state index contributed by atoms with van der Waals surface area (Å²) in [6.45, 7) is -0.785. The van der Waals surface area contributed by atoms with Crippen molar-refractivity contribution in [3.63, 3.8) is 0 Å². The van der Waals surface area contributed by atoms with E-state index in [-0.39, 0.29) is 5.70 Å². The van der Waals surface area contributed by atoms with Crippen molar-refractivity contribution in [2.45, 2.75) is 0 Å². The van der Waals surface area contributed by atoms with Crippen LogP contribution in [0.25, 0.3) is 6.08 Å². The van der Waals surface area contributed by atoms with Gasteiger partial charge in [0, 0.05) is 0 Å². The molecule has 0 saturated heterocycles. The van der Waals surface area contributed by atoms with Crippen LogP contribution < -0.4 is 10.1 Å². The van der Waals surface area contributed by atoms with Crippen molar-refractivity contribution in [3.05, 3.63) is 63.4 Å². The number of carbonyl (C=O) groups is 2. The number of halogens is 1. The molecule has 0 aromatic heterocycles. The van der Waals surface area contributed by atoms with Gasteiger partial charge in [0.1, 0.15) is 23.8 Å². The van der Waals surface area contributed by atoms with Crippen LogP contribution in [0.15, 0.2) is 54.2 Å². The monoisotopic (exact) mass is 439 g/mol. The van der Waals surface area contributed by atoms with Gasteiger partial charge in [-0.3, -0.25) is 4.79 Å². The van der Waals surface area contributed by atoms with Gasteiger partial charge < -0.3 is 20.3 Å². The summed E-state index contributed by atoms with van der Waals surface area (Å²) in [4.78, 5) is 22.2. The molecule has 0 fully saturated rings. The first-order valence-corrected chi connectivity index (χ1v) is 7.95. The van der Waals surface area contributed by atoms with E-state index >= 15 is 0 Å². The molecule has 3 N–H and O–H groups in total. The number of para-hydroxylation sites is 1. The first kappa shape index (κ1) is 18.0. The molecular weight excluding hydrogens is 425 g/mol. The molecule has 124 valence electrons. The normalized spacial score (nSPS) is 11.0. The number of rotatable bonds is 6. The molecule has 0 aliphatic rings. The average molecular weight is 439 g/mol. The predicted octanol–water partition coefficient (Wildman–Crippen LogP) is 2.62. The van der Waals surface area contributed by atoms with Crippen LogP contribution in [0, 0.1) is 3.57 Å². The third kappa shape index (κ3) is 5.07. The molecule has 24 heavy (non-hydrogen) atoms. The van der Waals surface area contributed by atoms with E-state index in [1.807, 2.05) is 24.3 Å². The van der Waals surface area contributed by atoms with E-state index in [4.69, 9.17) is 14.9 Å². The van der Waals surface area contributed by atoms with E-state index in [2.05, 4.69) is 27.9 Å². The maximum Gasteiger partial charge on any atom is 0.352 e. The minimum Gasteiger partial charge on any atom is -0.477 e. The highest BCUT2D eigenvalue weighted by molar-refractivity contribution is 14.1. The van der Waals surface area contributed by atoms with Crippen LogP contribution in [0.3, 0.4) is 0 Å². The molecule has 0 unspecified atom stereocenters. The van der Waals surface area contributed by atoms with Gasteiger partial charge in [-0.15, -0.1) is 0 Å². The second-order valence-corrected chi connectivity index (χ2v) is 5.83. The number of carboxylic acids is 1. The quantitative estimate of drug-likeness (QED) is 0.475. The summed E-state index contributed by atoms with van der Waals surface area (Å²) in [5.74, 6) is -0.756. The van der Waals surface area contributed by atoms with Crippen LogP contribution in [0.4, 0.5) is 0 Å². The molecule has 2 aromatic carbocycles. The van der Waals surface area contributed by atoms with Crippen molar-refractivity contribution in [1.82, 2.24) is 5.32 Å². The first-order valence-electron chi connectivity index (χ1n) is 6.87. The third-order valence-electron chi connectivity index (χ3n) is 2.90. The summed E-state index contributed by atoms with van der Waals surface area (Å²) in [5, 5.41) is 19.9. The van der Waals surface area contributed by atoms with Crippen molar-refractivity contribution in [2.24, 2.45) is 0 Å². The lowest BCUT2D eigenvalue weighted by molar-refractivity contribution is -0.134. The van der Waals surface area contributed by atoms with E-state index in [0.29, 0.717) is 11.3 Å². The Kier molecular flexibility index (Phi) is 6.33. The Bertz CT molecular complexity index is 771. The molecule has 0 bridgehead atoms. The van der Waals surface area contributed by atoms with E-state index in [1.165, 1.54) is 6.08 Å². The summed E-state index contributed by atoms with van der Waals surface area (Å²) < 4.78 is 6.72. The molecule has 0 aliphatic carbocycles. The van der Waals surface area contributed by atoms with Crippen molar-refractivity contribution < 1.29 is 24.5 Å². The number of amides is 1. The summed E-state index contributed by atoms with van der Waals surface area (Å²) >= 11 is 2.17. The Balaban J connectivity index is 2.16. The van der Waals surface area contributed by atoms with Gasteiger partial charge in [-0.25, -0.2) is 4.79 Å². The van der Waals surface area contributed by atoms with Crippen molar-refractivity contribution in [2.75, 3.05) is 6.61 Å². The number of aliphatic carboxylic acids is 1. The van der Waals surface area contributed by atoms with Gasteiger partial charge in [-0.2, -0.15) is 0 Å². The van der Waals surface area contributed by atoms with E-state index < -0.39 is 18.5 Å². The smallest absolute Gasteiger partial charge is 0.352 e.